The lowest BCUT2D eigenvalue weighted by Gasteiger charge is -2.08. The largest absolute Gasteiger partial charge is 0.416 e. The Kier molecular flexibility index (Phi) is 3.17. The van der Waals surface area contributed by atoms with E-state index < -0.39 is 11.7 Å². The van der Waals surface area contributed by atoms with Gasteiger partial charge in [0.15, 0.2) is 5.82 Å². The summed E-state index contributed by atoms with van der Waals surface area (Å²) in [7, 11) is 0. The normalized spacial score (nSPS) is 11.3. The first kappa shape index (κ1) is 13.0. The molecule has 0 aliphatic rings. The fourth-order valence-corrected chi connectivity index (χ4v) is 1.64. The van der Waals surface area contributed by atoms with Gasteiger partial charge in [0.05, 0.1) is 12.1 Å². The number of hydrogen-bond acceptors (Lipinski definition) is 3. The molecule has 0 unspecified atom stereocenters. The average Bonchev–Trinajstić information content (AvgIpc) is 2.68. The van der Waals surface area contributed by atoms with Crippen LogP contribution in [0.1, 0.15) is 16.7 Å². The van der Waals surface area contributed by atoms with Gasteiger partial charge in [-0.25, -0.2) is 0 Å². The fraction of sp³-hybridized carbons (Fsp3) is 0.167. The Morgan fingerprint density at radius 3 is 2.68 bits per heavy atom. The van der Waals surface area contributed by atoms with E-state index in [2.05, 4.69) is 5.10 Å². The Morgan fingerprint density at radius 1 is 1.37 bits per heavy atom. The molecule has 19 heavy (non-hydrogen) atoms. The molecule has 0 fully saturated rings. The number of alkyl halides is 3. The summed E-state index contributed by atoms with van der Waals surface area (Å²) in [6, 6.07) is 6.78. The summed E-state index contributed by atoms with van der Waals surface area (Å²) >= 11 is 0. The molecule has 0 aliphatic heterocycles. The van der Waals surface area contributed by atoms with Crippen molar-refractivity contribution in [3.05, 3.63) is 47.2 Å². The molecule has 0 saturated carbocycles. The number of nitrogens with two attached hydrogens (primary N) is 1. The standard InChI is InChI=1S/C12H9F3N4/c13-12(14,15)10-3-1-2-8(4-10)6-19-7-9(5-16)11(17)18-19/h1-4,7H,6H2,(H2,17,18). The van der Waals surface area contributed by atoms with E-state index in [-0.39, 0.29) is 17.9 Å². The summed E-state index contributed by atoms with van der Waals surface area (Å²) in [6.45, 7) is 0.121. The number of hydrogen-bond donors (Lipinski definition) is 1. The van der Waals surface area contributed by atoms with Gasteiger partial charge in [0.25, 0.3) is 0 Å². The predicted molar refractivity (Wildman–Crippen MR) is 61.9 cm³/mol. The van der Waals surface area contributed by atoms with E-state index >= 15 is 0 Å². The number of aromatic nitrogens is 2. The van der Waals surface area contributed by atoms with Crippen LogP contribution in [0.25, 0.3) is 0 Å². The first-order chi connectivity index (χ1) is 8.90. The molecule has 0 spiro atoms. The highest BCUT2D eigenvalue weighted by atomic mass is 19.4. The zero-order chi connectivity index (χ0) is 14.0. The molecule has 0 aliphatic carbocycles. The lowest BCUT2D eigenvalue weighted by molar-refractivity contribution is -0.137. The molecule has 0 saturated heterocycles. The summed E-state index contributed by atoms with van der Waals surface area (Å²) in [5.74, 6) is 0.0643. The Hall–Kier alpha value is -2.49. The summed E-state index contributed by atoms with van der Waals surface area (Å²) in [5.41, 5.74) is 5.39. The van der Waals surface area contributed by atoms with E-state index in [1.165, 1.54) is 16.9 Å². The van der Waals surface area contributed by atoms with E-state index in [0.29, 0.717) is 5.56 Å². The molecule has 2 N–H and O–H groups in total. The summed E-state index contributed by atoms with van der Waals surface area (Å²) in [6.07, 6.45) is -2.98. The minimum atomic E-state index is -4.38. The Morgan fingerprint density at radius 2 is 2.11 bits per heavy atom. The molecule has 0 atom stereocenters. The SMILES string of the molecule is N#Cc1cn(Cc2cccc(C(F)(F)F)c2)nc1N. The van der Waals surface area contributed by atoms with Gasteiger partial charge < -0.3 is 5.73 Å². The molecule has 0 amide bonds. The van der Waals surface area contributed by atoms with Crippen LogP contribution in [0, 0.1) is 11.3 Å². The lowest BCUT2D eigenvalue weighted by atomic mass is 10.1. The molecule has 4 nitrogen and oxygen atoms in total. The van der Waals surface area contributed by atoms with Crippen LogP contribution in [0.2, 0.25) is 0 Å². The third-order valence-electron chi connectivity index (χ3n) is 2.51. The molecular weight excluding hydrogens is 257 g/mol. The molecule has 2 aromatic rings. The number of nitriles is 1. The summed E-state index contributed by atoms with van der Waals surface area (Å²) in [4.78, 5) is 0. The van der Waals surface area contributed by atoms with Crippen molar-refractivity contribution in [1.82, 2.24) is 9.78 Å². The van der Waals surface area contributed by atoms with Crippen molar-refractivity contribution in [3.63, 3.8) is 0 Å². The lowest BCUT2D eigenvalue weighted by Crippen LogP contribution is -2.07. The third-order valence-corrected chi connectivity index (χ3v) is 2.51. The van der Waals surface area contributed by atoms with E-state index in [1.807, 2.05) is 6.07 Å². The molecule has 1 heterocycles. The van der Waals surface area contributed by atoms with Crippen molar-refractivity contribution in [3.8, 4) is 6.07 Å². The summed E-state index contributed by atoms with van der Waals surface area (Å²) in [5, 5.41) is 12.6. The maximum Gasteiger partial charge on any atom is 0.416 e. The van der Waals surface area contributed by atoms with Gasteiger partial charge in [0.2, 0.25) is 0 Å². The van der Waals surface area contributed by atoms with Crippen LogP contribution >= 0.6 is 0 Å². The van der Waals surface area contributed by atoms with E-state index in [1.54, 1.807) is 6.07 Å². The topological polar surface area (TPSA) is 67.6 Å². The summed E-state index contributed by atoms with van der Waals surface area (Å²) < 4.78 is 39.0. The zero-order valence-corrected chi connectivity index (χ0v) is 9.65. The zero-order valence-electron chi connectivity index (χ0n) is 9.65. The van der Waals surface area contributed by atoms with Crippen LogP contribution in [0.4, 0.5) is 19.0 Å². The minimum Gasteiger partial charge on any atom is -0.381 e. The van der Waals surface area contributed by atoms with E-state index in [0.717, 1.165) is 12.1 Å². The van der Waals surface area contributed by atoms with Crippen LogP contribution in [0.5, 0.6) is 0 Å². The molecule has 1 aromatic carbocycles. The molecule has 1 aromatic heterocycles. The average molecular weight is 266 g/mol. The van der Waals surface area contributed by atoms with Gasteiger partial charge in [-0.3, -0.25) is 4.68 Å². The van der Waals surface area contributed by atoms with Crippen LogP contribution in [0.3, 0.4) is 0 Å². The van der Waals surface area contributed by atoms with Crippen LogP contribution in [-0.2, 0) is 12.7 Å². The number of nitrogen functional groups attached to an aromatic ring is 1. The first-order valence-electron chi connectivity index (χ1n) is 5.29. The van der Waals surface area contributed by atoms with E-state index in [9.17, 15) is 13.2 Å². The van der Waals surface area contributed by atoms with Crippen LogP contribution in [-0.4, -0.2) is 9.78 Å². The highest BCUT2D eigenvalue weighted by Crippen LogP contribution is 2.29. The van der Waals surface area contributed by atoms with Crippen molar-refractivity contribution in [2.75, 3.05) is 5.73 Å². The van der Waals surface area contributed by atoms with Gasteiger partial charge in [-0.15, -0.1) is 0 Å². The minimum absolute atomic E-state index is 0.0643. The number of halogens is 3. The molecular formula is C12H9F3N4. The molecule has 0 radical (unpaired) electrons. The highest BCUT2D eigenvalue weighted by molar-refractivity contribution is 5.46. The van der Waals surface area contributed by atoms with Gasteiger partial charge in [0.1, 0.15) is 11.6 Å². The fourth-order valence-electron chi connectivity index (χ4n) is 1.64. The number of nitrogens with zero attached hydrogens (tertiary/aromatic N) is 3. The second-order valence-electron chi connectivity index (χ2n) is 3.94. The van der Waals surface area contributed by atoms with Gasteiger partial charge in [-0.2, -0.15) is 23.5 Å². The smallest absolute Gasteiger partial charge is 0.381 e. The van der Waals surface area contributed by atoms with Gasteiger partial charge >= 0.3 is 6.18 Å². The molecule has 98 valence electrons. The number of anilines is 1. The Bertz CT molecular complexity index is 637. The molecule has 7 heteroatoms. The number of rotatable bonds is 2. The maximum absolute atomic E-state index is 12.5. The first-order valence-corrected chi connectivity index (χ1v) is 5.29. The second-order valence-corrected chi connectivity index (χ2v) is 3.94. The van der Waals surface area contributed by atoms with Crippen molar-refractivity contribution in [2.45, 2.75) is 12.7 Å². The van der Waals surface area contributed by atoms with Gasteiger partial charge in [0, 0.05) is 6.20 Å². The predicted octanol–water partition coefficient (Wildman–Crippen LogP) is 2.40. The third kappa shape index (κ3) is 2.85. The molecule has 2 rings (SSSR count). The Labute approximate surface area is 106 Å². The number of benzene rings is 1. The quantitative estimate of drug-likeness (QED) is 0.907. The van der Waals surface area contributed by atoms with E-state index in [4.69, 9.17) is 11.0 Å². The molecule has 0 bridgehead atoms. The van der Waals surface area contributed by atoms with Crippen molar-refractivity contribution in [1.29, 1.82) is 5.26 Å². The van der Waals surface area contributed by atoms with Gasteiger partial charge in [-0.05, 0) is 17.7 Å². The second kappa shape index (κ2) is 4.65. The van der Waals surface area contributed by atoms with Crippen molar-refractivity contribution < 1.29 is 13.2 Å². The van der Waals surface area contributed by atoms with Crippen molar-refractivity contribution in [2.24, 2.45) is 0 Å². The Balaban J connectivity index is 2.26. The highest BCUT2D eigenvalue weighted by Gasteiger charge is 2.30. The monoisotopic (exact) mass is 266 g/mol. The van der Waals surface area contributed by atoms with Crippen LogP contribution in [0.15, 0.2) is 30.5 Å². The maximum atomic E-state index is 12.5. The van der Waals surface area contributed by atoms with Crippen LogP contribution < -0.4 is 5.73 Å². The van der Waals surface area contributed by atoms with Gasteiger partial charge in [-0.1, -0.05) is 12.1 Å². The van der Waals surface area contributed by atoms with Crippen molar-refractivity contribution >= 4 is 5.82 Å².